The number of anilines is 1. The van der Waals surface area contributed by atoms with Gasteiger partial charge < -0.3 is 14.6 Å². The number of carbonyl (C=O) groups is 2. The molecule has 0 aliphatic carbocycles. The van der Waals surface area contributed by atoms with Gasteiger partial charge in [-0.25, -0.2) is 8.78 Å². The third kappa shape index (κ3) is 3.47. The number of ether oxygens (including phenoxy) is 2. The second kappa shape index (κ2) is 8.01. The molecule has 1 atom stereocenters. The minimum Gasteiger partial charge on any atom is -0.507 e. The van der Waals surface area contributed by atoms with E-state index in [1.165, 1.54) is 18.3 Å². The van der Waals surface area contributed by atoms with Crippen molar-refractivity contribution < 1.29 is 33.0 Å². The number of aliphatic hydroxyl groups excluding tert-OH is 1. The average molecular weight is 450 g/mol. The Balaban J connectivity index is 1.70. The molecule has 5 rings (SSSR count). The maximum atomic E-state index is 14.7. The summed E-state index contributed by atoms with van der Waals surface area (Å²) in [4.78, 5) is 31.2. The number of nitrogens with zero attached hydrogens (tertiary/aromatic N) is 2. The molecule has 2 aliphatic heterocycles. The minimum atomic E-state index is -1.24. The standard InChI is InChI=1S/C24H16F2N2O5/c25-14-5-6-17(15(26)12-14)28-21(16-3-1-2-8-27-16)20(23(30)24(28)31)22(29)13-4-7-18-19(11-13)33-10-9-32-18/h1-8,11-12,21,29H,9-10H2/b22-20-. The number of carbonyl (C=O) groups excluding carboxylic acids is 2. The summed E-state index contributed by atoms with van der Waals surface area (Å²) in [6.07, 6.45) is 1.44. The lowest BCUT2D eigenvalue weighted by atomic mass is 9.98. The maximum absolute atomic E-state index is 14.7. The van der Waals surface area contributed by atoms with Gasteiger partial charge in [-0.3, -0.25) is 19.5 Å². The van der Waals surface area contributed by atoms with E-state index in [2.05, 4.69) is 4.98 Å². The van der Waals surface area contributed by atoms with Crippen LogP contribution in [0.25, 0.3) is 5.76 Å². The number of Topliss-reactive ketones (excluding diaryl/α,β-unsaturated/α-hetero) is 1. The Hall–Kier alpha value is -4.27. The van der Waals surface area contributed by atoms with Gasteiger partial charge in [0.1, 0.15) is 36.6 Å². The van der Waals surface area contributed by atoms with Crippen LogP contribution in [0.4, 0.5) is 14.5 Å². The molecule has 3 aromatic rings. The zero-order chi connectivity index (χ0) is 23.1. The number of pyridine rings is 1. The summed E-state index contributed by atoms with van der Waals surface area (Å²) in [5, 5.41) is 11.1. The highest BCUT2D eigenvalue weighted by Crippen LogP contribution is 2.43. The topological polar surface area (TPSA) is 89.0 Å². The fourth-order valence-corrected chi connectivity index (χ4v) is 3.92. The number of aromatic nitrogens is 1. The summed E-state index contributed by atoms with van der Waals surface area (Å²) in [6, 6.07) is 10.8. The first-order chi connectivity index (χ1) is 16.0. The van der Waals surface area contributed by atoms with Crippen molar-refractivity contribution >= 4 is 23.1 Å². The van der Waals surface area contributed by atoms with Crippen molar-refractivity contribution in [2.24, 2.45) is 0 Å². The third-order valence-electron chi connectivity index (χ3n) is 5.40. The van der Waals surface area contributed by atoms with Gasteiger partial charge in [-0.2, -0.15) is 0 Å². The number of ketones is 1. The van der Waals surface area contributed by atoms with Crippen molar-refractivity contribution in [2.75, 3.05) is 18.1 Å². The van der Waals surface area contributed by atoms with E-state index in [0.29, 0.717) is 30.8 Å². The summed E-state index contributed by atoms with van der Waals surface area (Å²) in [6.45, 7) is 0.700. The second-order valence-corrected chi connectivity index (χ2v) is 7.38. The van der Waals surface area contributed by atoms with Gasteiger partial charge >= 0.3 is 0 Å². The molecule has 1 fully saturated rings. The smallest absolute Gasteiger partial charge is 0.300 e. The second-order valence-electron chi connectivity index (χ2n) is 7.38. The van der Waals surface area contributed by atoms with Gasteiger partial charge in [0.2, 0.25) is 0 Å². The summed E-state index contributed by atoms with van der Waals surface area (Å²) >= 11 is 0. The fraction of sp³-hybridized carbons (Fsp3) is 0.125. The van der Waals surface area contributed by atoms with Crippen molar-refractivity contribution in [1.82, 2.24) is 4.98 Å². The van der Waals surface area contributed by atoms with Crippen molar-refractivity contribution in [1.29, 1.82) is 0 Å². The Kier molecular flexibility index (Phi) is 5.01. The number of aliphatic hydroxyl groups is 1. The number of hydrogen-bond donors (Lipinski definition) is 1. The van der Waals surface area contributed by atoms with Crippen molar-refractivity contribution in [2.45, 2.75) is 6.04 Å². The van der Waals surface area contributed by atoms with E-state index in [-0.39, 0.29) is 22.5 Å². The van der Waals surface area contributed by atoms with E-state index in [0.717, 1.165) is 17.0 Å². The van der Waals surface area contributed by atoms with Gasteiger partial charge in [0.05, 0.1) is 17.0 Å². The molecule has 1 N–H and O–H groups in total. The lowest BCUT2D eigenvalue weighted by Gasteiger charge is -2.25. The molecule has 1 amide bonds. The Labute approximate surface area is 186 Å². The molecule has 7 nitrogen and oxygen atoms in total. The minimum absolute atomic E-state index is 0.206. The van der Waals surface area contributed by atoms with Gasteiger partial charge in [-0.1, -0.05) is 6.07 Å². The van der Waals surface area contributed by atoms with Crippen molar-refractivity contribution in [3.05, 3.63) is 89.3 Å². The van der Waals surface area contributed by atoms with Crippen LogP contribution in [0, 0.1) is 11.6 Å². The molecule has 3 heterocycles. The number of benzene rings is 2. The molecule has 1 aromatic heterocycles. The molecule has 0 saturated carbocycles. The van der Waals surface area contributed by atoms with Gasteiger partial charge in [0.15, 0.2) is 11.5 Å². The lowest BCUT2D eigenvalue weighted by molar-refractivity contribution is -0.132. The molecule has 2 aromatic carbocycles. The summed E-state index contributed by atoms with van der Waals surface area (Å²) < 4.78 is 39.2. The van der Waals surface area contributed by atoms with Crippen LogP contribution in [0.3, 0.4) is 0 Å². The van der Waals surface area contributed by atoms with Crippen LogP contribution in [0.1, 0.15) is 17.3 Å². The van der Waals surface area contributed by atoms with E-state index in [9.17, 15) is 23.5 Å². The van der Waals surface area contributed by atoms with Crippen LogP contribution < -0.4 is 14.4 Å². The Bertz CT molecular complexity index is 1310. The zero-order valence-electron chi connectivity index (χ0n) is 17.0. The van der Waals surface area contributed by atoms with Crippen LogP contribution in [-0.4, -0.2) is 35.0 Å². The number of hydrogen-bond acceptors (Lipinski definition) is 6. The average Bonchev–Trinajstić information content (AvgIpc) is 3.09. The van der Waals surface area contributed by atoms with E-state index < -0.39 is 35.1 Å². The summed E-state index contributed by atoms with van der Waals surface area (Å²) in [5.41, 5.74) is -0.160. The molecule has 0 radical (unpaired) electrons. The van der Waals surface area contributed by atoms with Crippen LogP contribution in [0.15, 0.2) is 66.4 Å². The van der Waals surface area contributed by atoms with Crippen molar-refractivity contribution in [3.63, 3.8) is 0 Å². The molecule has 2 aliphatic rings. The Morgan fingerprint density at radius 1 is 1.00 bits per heavy atom. The van der Waals surface area contributed by atoms with E-state index in [1.54, 1.807) is 24.3 Å². The lowest BCUT2D eigenvalue weighted by Crippen LogP contribution is -2.30. The highest BCUT2D eigenvalue weighted by Gasteiger charge is 2.48. The molecule has 1 saturated heterocycles. The van der Waals surface area contributed by atoms with Gasteiger partial charge in [-0.15, -0.1) is 0 Å². The first-order valence-electron chi connectivity index (χ1n) is 10.0. The summed E-state index contributed by atoms with van der Waals surface area (Å²) in [7, 11) is 0. The predicted molar refractivity (Wildman–Crippen MR) is 113 cm³/mol. The third-order valence-corrected chi connectivity index (χ3v) is 5.40. The first-order valence-corrected chi connectivity index (χ1v) is 10.0. The normalized spacial score (nSPS) is 19.1. The molecule has 0 bridgehead atoms. The van der Waals surface area contributed by atoms with E-state index >= 15 is 0 Å². The number of rotatable bonds is 3. The quantitative estimate of drug-likeness (QED) is 0.371. The monoisotopic (exact) mass is 450 g/mol. The number of halogens is 2. The van der Waals surface area contributed by atoms with E-state index in [4.69, 9.17) is 9.47 Å². The molecular formula is C24H16F2N2O5. The summed E-state index contributed by atoms with van der Waals surface area (Å²) in [5.74, 6) is -3.59. The van der Waals surface area contributed by atoms with Gasteiger partial charge in [-0.05, 0) is 42.5 Å². The number of amides is 1. The molecule has 166 valence electrons. The molecule has 33 heavy (non-hydrogen) atoms. The predicted octanol–water partition coefficient (Wildman–Crippen LogP) is 3.76. The molecule has 1 unspecified atom stereocenters. The van der Waals surface area contributed by atoms with Gasteiger partial charge in [0.25, 0.3) is 11.7 Å². The SMILES string of the molecule is O=C1C(=O)N(c2ccc(F)cc2F)C(c2ccccn2)/C1=C(/O)c1ccc2c(c1)OCCO2. The fourth-order valence-electron chi connectivity index (χ4n) is 3.92. The largest absolute Gasteiger partial charge is 0.507 e. The Morgan fingerprint density at radius 2 is 1.79 bits per heavy atom. The zero-order valence-corrected chi connectivity index (χ0v) is 17.0. The maximum Gasteiger partial charge on any atom is 0.300 e. The Morgan fingerprint density at radius 3 is 2.52 bits per heavy atom. The highest BCUT2D eigenvalue weighted by atomic mass is 19.1. The van der Waals surface area contributed by atoms with Crippen LogP contribution in [0.2, 0.25) is 0 Å². The van der Waals surface area contributed by atoms with Crippen LogP contribution in [-0.2, 0) is 9.59 Å². The molecule has 0 spiro atoms. The van der Waals surface area contributed by atoms with Crippen molar-refractivity contribution in [3.8, 4) is 11.5 Å². The molecule has 9 heteroatoms. The van der Waals surface area contributed by atoms with Crippen LogP contribution >= 0.6 is 0 Å². The van der Waals surface area contributed by atoms with Crippen LogP contribution in [0.5, 0.6) is 11.5 Å². The van der Waals surface area contributed by atoms with E-state index in [1.807, 2.05) is 0 Å². The highest BCUT2D eigenvalue weighted by molar-refractivity contribution is 6.51. The van der Waals surface area contributed by atoms with Gasteiger partial charge in [0, 0.05) is 17.8 Å². The first kappa shape index (κ1) is 20.6. The number of fused-ring (bicyclic) bond motifs is 1. The molecular weight excluding hydrogens is 434 g/mol.